The Morgan fingerprint density at radius 2 is 1.62 bits per heavy atom. The fourth-order valence-electron chi connectivity index (χ4n) is 1.31. The van der Waals surface area contributed by atoms with Crippen molar-refractivity contribution < 1.29 is 9.47 Å². The molecule has 0 aliphatic rings. The van der Waals surface area contributed by atoms with Gasteiger partial charge in [0.15, 0.2) is 0 Å². The lowest BCUT2D eigenvalue weighted by Crippen LogP contribution is -2.25. The summed E-state index contributed by atoms with van der Waals surface area (Å²) in [5.41, 5.74) is 0. The molecule has 0 rings (SSSR count). The average Bonchev–Trinajstić information content (AvgIpc) is 2.23. The Labute approximate surface area is 101 Å². The van der Waals surface area contributed by atoms with Crippen LogP contribution in [0.2, 0.25) is 0 Å². The highest BCUT2D eigenvalue weighted by atomic mass is 16.5. The topological polar surface area (TPSA) is 30.5 Å². The zero-order chi connectivity index (χ0) is 12.2. The normalized spacial score (nSPS) is 13.3. The van der Waals surface area contributed by atoms with Crippen molar-refractivity contribution in [3.63, 3.8) is 0 Å². The molecule has 0 fully saturated rings. The van der Waals surface area contributed by atoms with Crippen LogP contribution >= 0.6 is 0 Å². The Bertz CT molecular complexity index is 140. The van der Waals surface area contributed by atoms with Crippen molar-refractivity contribution >= 4 is 0 Å². The summed E-state index contributed by atoms with van der Waals surface area (Å²) < 4.78 is 11.0. The number of hydrogen-bond donors (Lipinski definition) is 1. The molecule has 16 heavy (non-hydrogen) atoms. The smallest absolute Gasteiger partial charge is 0.0700 e. The molecular formula is C13H29NO2. The summed E-state index contributed by atoms with van der Waals surface area (Å²) in [6.45, 7) is 13.9. The molecule has 0 saturated carbocycles. The van der Waals surface area contributed by atoms with Crippen molar-refractivity contribution in [2.75, 3.05) is 39.5 Å². The maximum Gasteiger partial charge on any atom is 0.0700 e. The highest BCUT2D eigenvalue weighted by Gasteiger charge is 2.01. The Morgan fingerprint density at radius 1 is 1.00 bits per heavy atom. The van der Waals surface area contributed by atoms with Gasteiger partial charge in [-0.05, 0) is 31.3 Å². The lowest BCUT2D eigenvalue weighted by molar-refractivity contribution is 0.0274. The Hall–Kier alpha value is -0.120. The predicted molar refractivity (Wildman–Crippen MR) is 68.8 cm³/mol. The fourth-order valence-corrected chi connectivity index (χ4v) is 1.31. The SMILES string of the molecule is CCCNCC(C)COCCOCC(C)C. The van der Waals surface area contributed by atoms with E-state index in [1.165, 1.54) is 6.42 Å². The van der Waals surface area contributed by atoms with Gasteiger partial charge in [-0.3, -0.25) is 0 Å². The van der Waals surface area contributed by atoms with E-state index >= 15 is 0 Å². The van der Waals surface area contributed by atoms with Gasteiger partial charge in [0.2, 0.25) is 0 Å². The van der Waals surface area contributed by atoms with Gasteiger partial charge < -0.3 is 14.8 Å². The third-order valence-corrected chi connectivity index (χ3v) is 2.15. The van der Waals surface area contributed by atoms with Crippen LogP contribution in [-0.2, 0) is 9.47 Å². The summed E-state index contributed by atoms with van der Waals surface area (Å²) in [7, 11) is 0. The minimum atomic E-state index is 0.580. The second-order valence-electron chi connectivity index (χ2n) is 4.85. The van der Waals surface area contributed by atoms with Crippen LogP contribution < -0.4 is 5.32 Å². The van der Waals surface area contributed by atoms with E-state index in [1.54, 1.807) is 0 Å². The molecule has 3 nitrogen and oxygen atoms in total. The first-order chi connectivity index (χ1) is 7.66. The van der Waals surface area contributed by atoms with Crippen molar-refractivity contribution in [3.05, 3.63) is 0 Å². The third-order valence-electron chi connectivity index (χ3n) is 2.15. The predicted octanol–water partition coefficient (Wildman–Crippen LogP) is 2.31. The molecule has 1 atom stereocenters. The van der Waals surface area contributed by atoms with Gasteiger partial charge in [-0.15, -0.1) is 0 Å². The molecule has 0 bridgehead atoms. The Morgan fingerprint density at radius 3 is 2.19 bits per heavy atom. The van der Waals surface area contributed by atoms with Crippen LogP contribution in [0.4, 0.5) is 0 Å². The minimum Gasteiger partial charge on any atom is -0.379 e. The van der Waals surface area contributed by atoms with Crippen molar-refractivity contribution in [3.8, 4) is 0 Å². The number of rotatable bonds is 11. The molecule has 0 aromatic rings. The van der Waals surface area contributed by atoms with Gasteiger partial charge in [-0.1, -0.05) is 27.7 Å². The van der Waals surface area contributed by atoms with Gasteiger partial charge in [-0.25, -0.2) is 0 Å². The average molecular weight is 231 g/mol. The van der Waals surface area contributed by atoms with Gasteiger partial charge in [0, 0.05) is 6.61 Å². The van der Waals surface area contributed by atoms with Crippen LogP contribution in [0.15, 0.2) is 0 Å². The van der Waals surface area contributed by atoms with Crippen LogP contribution in [0.25, 0.3) is 0 Å². The molecule has 0 aliphatic carbocycles. The molecule has 0 aromatic carbocycles. The minimum absolute atomic E-state index is 0.580. The quantitative estimate of drug-likeness (QED) is 0.554. The van der Waals surface area contributed by atoms with E-state index < -0.39 is 0 Å². The molecule has 0 radical (unpaired) electrons. The fraction of sp³-hybridized carbons (Fsp3) is 1.00. The van der Waals surface area contributed by atoms with Crippen LogP contribution in [0, 0.1) is 11.8 Å². The standard InChI is InChI=1S/C13H29NO2/c1-5-6-14-9-13(4)11-16-8-7-15-10-12(2)3/h12-14H,5-11H2,1-4H3. The lowest BCUT2D eigenvalue weighted by atomic mass is 10.2. The van der Waals surface area contributed by atoms with E-state index in [0.717, 1.165) is 26.3 Å². The Balaban J connectivity index is 3.12. The molecule has 0 aliphatic heterocycles. The monoisotopic (exact) mass is 231 g/mol. The van der Waals surface area contributed by atoms with Gasteiger partial charge >= 0.3 is 0 Å². The van der Waals surface area contributed by atoms with Crippen LogP contribution in [0.3, 0.4) is 0 Å². The second-order valence-corrected chi connectivity index (χ2v) is 4.85. The molecule has 1 unspecified atom stereocenters. The first-order valence-corrected chi connectivity index (χ1v) is 6.53. The first kappa shape index (κ1) is 15.9. The molecule has 0 heterocycles. The summed E-state index contributed by atoms with van der Waals surface area (Å²) in [6, 6.07) is 0. The molecular weight excluding hydrogens is 202 g/mol. The number of hydrogen-bond acceptors (Lipinski definition) is 3. The van der Waals surface area contributed by atoms with Crippen molar-refractivity contribution in [1.82, 2.24) is 5.32 Å². The molecule has 3 heteroatoms. The van der Waals surface area contributed by atoms with E-state index in [2.05, 4.69) is 33.0 Å². The summed E-state index contributed by atoms with van der Waals surface area (Å²) in [4.78, 5) is 0. The van der Waals surface area contributed by atoms with E-state index in [0.29, 0.717) is 25.0 Å². The second kappa shape index (κ2) is 11.4. The van der Waals surface area contributed by atoms with Crippen molar-refractivity contribution in [2.45, 2.75) is 34.1 Å². The zero-order valence-electron chi connectivity index (χ0n) is 11.4. The van der Waals surface area contributed by atoms with Crippen LogP contribution in [-0.4, -0.2) is 39.5 Å². The highest BCUT2D eigenvalue weighted by molar-refractivity contribution is 4.55. The number of ether oxygens (including phenoxy) is 2. The van der Waals surface area contributed by atoms with Crippen LogP contribution in [0.1, 0.15) is 34.1 Å². The highest BCUT2D eigenvalue weighted by Crippen LogP contribution is 1.95. The maximum absolute atomic E-state index is 5.54. The van der Waals surface area contributed by atoms with Gasteiger partial charge in [-0.2, -0.15) is 0 Å². The van der Waals surface area contributed by atoms with E-state index in [1.807, 2.05) is 0 Å². The molecule has 0 spiro atoms. The van der Waals surface area contributed by atoms with E-state index in [-0.39, 0.29) is 0 Å². The third kappa shape index (κ3) is 12.0. The van der Waals surface area contributed by atoms with Gasteiger partial charge in [0.05, 0.1) is 19.8 Å². The molecule has 1 N–H and O–H groups in total. The van der Waals surface area contributed by atoms with E-state index in [9.17, 15) is 0 Å². The van der Waals surface area contributed by atoms with Crippen molar-refractivity contribution in [2.24, 2.45) is 11.8 Å². The molecule has 0 amide bonds. The summed E-state index contributed by atoms with van der Waals surface area (Å²) in [5, 5.41) is 3.39. The largest absolute Gasteiger partial charge is 0.379 e. The van der Waals surface area contributed by atoms with Gasteiger partial charge in [0.1, 0.15) is 0 Å². The molecule has 0 saturated heterocycles. The molecule has 98 valence electrons. The lowest BCUT2D eigenvalue weighted by Gasteiger charge is -2.13. The van der Waals surface area contributed by atoms with Crippen molar-refractivity contribution in [1.29, 1.82) is 0 Å². The molecule has 0 aromatic heterocycles. The van der Waals surface area contributed by atoms with E-state index in [4.69, 9.17) is 9.47 Å². The zero-order valence-corrected chi connectivity index (χ0v) is 11.4. The maximum atomic E-state index is 5.54. The first-order valence-electron chi connectivity index (χ1n) is 6.53. The summed E-state index contributed by atoms with van der Waals surface area (Å²) >= 11 is 0. The summed E-state index contributed by atoms with van der Waals surface area (Å²) in [6.07, 6.45) is 1.19. The Kier molecular flexibility index (Phi) is 11.3. The number of nitrogens with one attached hydrogen (secondary N) is 1. The summed E-state index contributed by atoms with van der Waals surface area (Å²) in [5.74, 6) is 1.19. The van der Waals surface area contributed by atoms with Crippen LogP contribution in [0.5, 0.6) is 0 Å². The van der Waals surface area contributed by atoms with Gasteiger partial charge in [0.25, 0.3) is 0 Å².